The van der Waals surface area contributed by atoms with Gasteiger partial charge in [0.25, 0.3) is 0 Å². The summed E-state index contributed by atoms with van der Waals surface area (Å²) in [7, 11) is 1.31. The third-order valence-corrected chi connectivity index (χ3v) is 2.41. The summed E-state index contributed by atoms with van der Waals surface area (Å²) in [4.78, 5) is 10.8. The number of methoxy groups -OCH3 is 1. The predicted molar refractivity (Wildman–Crippen MR) is 68.2 cm³/mol. The summed E-state index contributed by atoms with van der Waals surface area (Å²) in [6.07, 6.45) is 1.65. The highest BCUT2D eigenvalue weighted by Gasteiger charge is 2.00. The van der Waals surface area contributed by atoms with Crippen LogP contribution in [-0.2, 0) is 11.2 Å². The fourth-order valence-corrected chi connectivity index (χ4v) is 1.44. The van der Waals surface area contributed by atoms with Crippen molar-refractivity contribution in [2.75, 3.05) is 7.11 Å². The number of nitrogens with one attached hydrogen (secondary N) is 1. The molecule has 0 spiro atoms. The minimum Gasteiger partial charge on any atom is -0.452 e. The van der Waals surface area contributed by atoms with E-state index in [1.54, 1.807) is 0 Å². The third-order valence-electron chi connectivity index (χ3n) is 2.41. The van der Waals surface area contributed by atoms with Gasteiger partial charge < -0.3 is 4.74 Å². The number of carbonyl (C=O) groups is 1. The lowest BCUT2D eigenvalue weighted by Crippen LogP contribution is -2.18. The Balaban J connectivity index is 2.68. The van der Waals surface area contributed by atoms with Crippen molar-refractivity contribution in [2.45, 2.75) is 26.7 Å². The van der Waals surface area contributed by atoms with Gasteiger partial charge in [-0.3, -0.25) is 0 Å². The number of hydrogen-bond donors (Lipinski definition) is 1. The van der Waals surface area contributed by atoms with Crippen LogP contribution in [0.1, 0.15) is 31.4 Å². The topological polar surface area (TPSA) is 50.7 Å². The van der Waals surface area contributed by atoms with Crippen molar-refractivity contribution in [3.05, 3.63) is 35.4 Å². The molecular weight excluding hydrogens is 216 g/mol. The summed E-state index contributed by atoms with van der Waals surface area (Å²) in [5.74, 6) is 0. The number of amides is 1. The lowest BCUT2D eigenvalue weighted by molar-refractivity contribution is 0.171. The van der Waals surface area contributed by atoms with E-state index in [4.69, 9.17) is 0 Å². The number of hydrazone groups is 1. The number of nitrogens with zero attached hydrogens (tertiary/aromatic N) is 1. The molecule has 4 nitrogen and oxygen atoms in total. The van der Waals surface area contributed by atoms with Gasteiger partial charge in [-0.2, -0.15) is 5.10 Å². The molecule has 0 aliphatic heterocycles. The zero-order chi connectivity index (χ0) is 12.7. The van der Waals surface area contributed by atoms with Gasteiger partial charge in [-0.1, -0.05) is 37.6 Å². The molecule has 0 unspecified atom stereocenters. The fourth-order valence-electron chi connectivity index (χ4n) is 1.44. The molecule has 4 heteroatoms. The molecule has 0 aliphatic carbocycles. The van der Waals surface area contributed by atoms with Gasteiger partial charge in [0, 0.05) is 0 Å². The van der Waals surface area contributed by atoms with Gasteiger partial charge in [-0.15, -0.1) is 0 Å². The van der Waals surface area contributed by atoms with Crippen molar-refractivity contribution in [1.82, 2.24) is 5.43 Å². The van der Waals surface area contributed by atoms with Crippen molar-refractivity contribution in [3.63, 3.8) is 0 Å². The Hall–Kier alpha value is -1.84. The normalized spacial score (nSPS) is 11.1. The zero-order valence-electron chi connectivity index (χ0n) is 10.5. The van der Waals surface area contributed by atoms with Crippen LogP contribution in [0.3, 0.4) is 0 Å². The van der Waals surface area contributed by atoms with Crippen LogP contribution in [-0.4, -0.2) is 18.9 Å². The first-order chi connectivity index (χ1) is 8.17. The first-order valence-corrected chi connectivity index (χ1v) is 5.65. The molecular formula is C13H18N2O2. The standard InChI is InChI=1S/C13H18N2O2/c1-4-5-11-6-8-12(9-7-11)10(2)14-15-13(16)17-3/h6-9H,4-5H2,1-3H3,(H,15,16). The highest BCUT2D eigenvalue weighted by molar-refractivity contribution is 5.99. The quantitative estimate of drug-likeness (QED) is 0.643. The van der Waals surface area contributed by atoms with Crippen LogP contribution in [0.2, 0.25) is 0 Å². The van der Waals surface area contributed by atoms with E-state index in [2.05, 4.69) is 34.3 Å². The molecule has 1 N–H and O–H groups in total. The SMILES string of the molecule is CCCc1ccc(C(C)=NNC(=O)OC)cc1. The fraction of sp³-hybridized carbons (Fsp3) is 0.385. The summed E-state index contributed by atoms with van der Waals surface area (Å²) < 4.78 is 4.43. The van der Waals surface area contributed by atoms with Crippen molar-refractivity contribution >= 4 is 11.8 Å². The van der Waals surface area contributed by atoms with Gasteiger partial charge in [-0.25, -0.2) is 10.2 Å². The minimum atomic E-state index is -0.563. The summed E-state index contributed by atoms with van der Waals surface area (Å²) in [5.41, 5.74) is 5.34. The van der Waals surface area contributed by atoms with Crippen LogP contribution in [0.25, 0.3) is 0 Å². The van der Waals surface area contributed by atoms with E-state index in [0.29, 0.717) is 0 Å². The van der Waals surface area contributed by atoms with Gasteiger partial charge in [0.2, 0.25) is 0 Å². The lowest BCUT2D eigenvalue weighted by Gasteiger charge is -2.03. The van der Waals surface area contributed by atoms with Crippen molar-refractivity contribution in [3.8, 4) is 0 Å². The molecule has 0 radical (unpaired) electrons. The molecule has 0 atom stereocenters. The van der Waals surface area contributed by atoms with Crippen LogP contribution >= 0.6 is 0 Å². The van der Waals surface area contributed by atoms with Gasteiger partial charge in [-0.05, 0) is 24.5 Å². The van der Waals surface area contributed by atoms with Gasteiger partial charge >= 0.3 is 6.09 Å². The van der Waals surface area contributed by atoms with Gasteiger partial charge in [0.1, 0.15) is 0 Å². The molecule has 0 heterocycles. The second kappa shape index (κ2) is 6.68. The summed E-state index contributed by atoms with van der Waals surface area (Å²) in [6.45, 7) is 3.99. The van der Waals surface area contributed by atoms with Crippen LogP contribution in [0.5, 0.6) is 0 Å². The van der Waals surface area contributed by atoms with E-state index < -0.39 is 6.09 Å². The lowest BCUT2D eigenvalue weighted by atomic mass is 10.1. The Bertz CT molecular complexity index is 396. The number of hydrogen-bond acceptors (Lipinski definition) is 3. The summed E-state index contributed by atoms with van der Waals surface area (Å²) >= 11 is 0. The number of benzene rings is 1. The van der Waals surface area contributed by atoms with E-state index in [9.17, 15) is 4.79 Å². The van der Waals surface area contributed by atoms with Crippen LogP contribution < -0.4 is 5.43 Å². The average molecular weight is 234 g/mol. The number of aryl methyl sites for hydroxylation is 1. The highest BCUT2D eigenvalue weighted by Crippen LogP contribution is 2.07. The Kier molecular flexibility index (Phi) is 5.20. The average Bonchev–Trinajstić information content (AvgIpc) is 2.36. The molecule has 17 heavy (non-hydrogen) atoms. The highest BCUT2D eigenvalue weighted by atomic mass is 16.5. The zero-order valence-corrected chi connectivity index (χ0v) is 10.5. The van der Waals surface area contributed by atoms with Gasteiger partial charge in [0.15, 0.2) is 0 Å². The maximum atomic E-state index is 10.8. The Morgan fingerprint density at radius 2 is 2.00 bits per heavy atom. The number of ether oxygens (including phenoxy) is 1. The van der Waals surface area contributed by atoms with Crippen molar-refractivity contribution in [1.29, 1.82) is 0 Å². The Morgan fingerprint density at radius 1 is 1.35 bits per heavy atom. The molecule has 0 fully saturated rings. The van der Waals surface area contributed by atoms with Crippen LogP contribution in [0.15, 0.2) is 29.4 Å². The Labute approximate surface area is 102 Å². The molecule has 92 valence electrons. The van der Waals surface area contributed by atoms with E-state index in [1.165, 1.54) is 12.7 Å². The van der Waals surface area contributed by atoms with E-state index >= 15 is 0 Å². The molecule has 0 saturated heterocycles. The molecule has 0 aromatic heterocycles. The molecule has 1 aromatic rings. The maximum Gasteiger partial charge on any atom is 0.427 e. The van der Waals surface area contributed by atoms with Crippen molar-refractivity contribution in [2.24, 2.45) is 5.10 Å². The van der Waals surface area contributed by atoms with Crippen LogP contribution in [0.4, 0.5) is 4.79 Å². The first kappa shape index (κ1) is 13.2. The predicted octanol–water partition coefficient (Wildman–Crippen LogP) is 2.72. The maximum absolute atomic E-state index is 10.8. The monoisotopic (exact) mass is 234 g/mol. The Morgan fingerprint density at radius 3 is 2.53 bits per heavy atom. The second-order valence-corrected chi connectivity index (χ2v) is 3.75. The van der Waals surface area contributed by atoms with E-state index in [1.807, 2.05) is 19.1 Å². The van der Waals surface area contributed by atoms with Crippen molar-refractivity contribution < 1.29 is 9.53 Å². The third kappa shape index (κ3) is 4.26. The number of carbonyl (C=O) groups excluding carboxylic acids is 1. The largest absolute Gasteiger partial charge is 0.452 e. The molecule has 0 saturated carbocycles. The molecule has 1 rings (SSSR count). The molecule has 0 aliphatic rings. The van der Waals surface area contributed by atoms with Crippen LogP contribution in [0, 0.1) is 0 Å². The summed E-state index contributed by atoms with van der Waals surface area (Å²) in [5, 5.41) is 3.93. The first-order valence-electron chi connectivity index (χ1n) is 5.65. The summed E-state index contributed by atoms with van der Waals surface area (Å²) in [6, 6.07) is 8.16. The smallest absolute Gasteiger partial charge is 0.427 e. The number of rotatable bonds is 4. The minimum absolute atomic E-state index is 0.563. The molecule has 1 aromatic carbocycles. The molecule has 1 amide bonds. The van der Waals surface area contributed by atoms with E-state index in [-0.39, 0.29) is 0 Å². The second-order valence-electron chi connectivity index (χ2n) is 3.75. The molecule has 0 bridgehead atoms. The van der Waals surface area contributed by atoms with Gasteiger partial charge in [0.05, 0.1) is 12.8 Å². The van der Waals surface area contributed by atoms with E-state index in [0.717, 1.165) is 24.1 Å².